The van der Waals surface area contributed by atoms with Crippen LogP contribution in [0.25, 0.3) is 11.1 Å². The van der Waals surface area contributed by atoms with Gasteiger partial charge in [0.05, 0.1) is 11.6 Å². The van der Waals surface area contributed by atoms with E-state index in [1.807, 2.05) is 0 Å². The number of morpholine rings is 1. The van der Waals surface area contributed by atoms with Gasteiger partial charge in [0.15, 0.2) is 5.82 Å². The molecular formula is C14H12ClFN3O. The number of rotatable bonds is 2. The molecule has 1 saturated heterocycles. The van der Waals surface area contributed by atoms with Crippen LogP contribution in [0.2, 0.25) is 5.02 Å². The van der Waals surface area contributed by atoms with E-state index in [0.717, 1.165) is 12.1 Å². The molecule has 103 valence electrons. The van der Waals surface area contributed by atoms with Crippen LogP contribution in [-0.2, 0) is 4.74 Å². The van der Waals surface area contributed by atoms with Gasteiger partial charge in [0, 0.05) is 24.8 Å². The van der Waals surface area contributed by atoms with Crippen molar-refractivity contribution in [2.24, 2.45) is 0 Å². The van der Waals surface area contributed by atoms with Gasteiger partial charge in [-0.2, -0.15) is 0 Å². The number of benzene rings is 1. The highest BCUT2D eigenvalue weighted by Crippen LogP contribution is 2.24. The Hall–Kier alpha value is -1.56. The Bertz CT molecular complexity index is 600. The number of aromatic nitrogens is 2. The van der Waals surface area contributed by atoms with Crippen molar-refractivity contribution in [1.29, 1.82) is 0 Å². The molecule has 1 aliphatic heterocycles. The summed E-state index contributed by atoms with van der Waals surface area (Å²) in [5.41, 5.74) is 1.39. The molecule has 1 radical (unpaired) electrons. The summed E-state index contributed by atoms with van der Waals surface area (Å²) in [5, 5.41) is 3.28. The molecule has 20 heavy (non-hydrogen) atoms. The van der Waals surface area contributed by atoms with Crippen LogP contribution >= 0.6 is 11.6 Å². The second kappa shape index (κ2) is 5.83. The average molecular weight is 293 g/mol. The Morgan fingerprint density at radius 2 is 2.35 bits per heavy atom. The molecule has 1 unspecified atom stereocenters. The fraction of sp³-hybridized carbons (Fsp3) is 0.286. The molecule has 1 N–H and O–H groups in total. The smallest absolute Gasteiger partial charge is 0.159 e. The highest BCUT2D eigenvalue weighted by molar-refractivity contribution is 6.31. The van der Waals surface area contributed by atoms with Crippen LogP contribution in [0.15, 0.2) is 24.4 Å². The minimum Gasteiger partial charge on any atom is -0.368 e. The van der Waals surface area contributed by atoms with Gasteiger partial charge in [-0.05, 0) is 17.7 Å². The van der Waals surface area contributed by atoms with Crippen LogP contribution in [0, 0.1) is 12.0 Å². The second-order valence-corrected chi connectivity index (χ2v) is 4.85. The van der Waals surface area contributed by atoms with Gasteiger partial charge in [-0.15, -0.1) is 0 Å². The lowest BCUT2D eigenvalue weighted by molar-refractivity contribution is 0.0221. The monoisotopic (exact) mass is 292 g/mol. The molecule has 3 rings (SSSR count). The summed E-state index contributed by atoms with van der Waals surface area (Å²) in [6.07, 6.45) is 4.39. The average Bonchev–Trinajstić information content (AvgIpc) is 2.51. The van der Waals surface area contributed by atoms with Crippen molar-refractivity contribution in [2.45, 2.75) is 6.10 Å². The van der Waals surface area contributed by atoms with Crippen molar-refractivity contribution in [3.63, 3.8) is 0 Å². The van der Waals surface area contributed by atoms with Crippen molar-refractivity contribution in [3.8, 4) is 11.1 Å². The predicted molar refractivity (Wildman–Crippen MR) is 72.8 cm³/mol. The summed E-state index contributed by atoms with van der Waals surface area (Å²) in [6.45, 7) is 2.17. The standard InChI is InChI=1S/C14H12ClFN3O/c15-11-5-9(1-2-12(11)16)10-6-18-14(19-7-10)13-8-17-3-4-20-13/h1-2,5-6,13,17H,3-4,8H2. The van der Waals surface area contributed by atoms with Gasteiger partial charge in [0.25, 0.3) is 0 Å². The van der Waals surface area contributed by atoms with Gasteiger partial charge in [0.2, 0.25) is 0 Å². The van der Waals surface area contributed by atoms with E-state index in [1.54, 1.807) is 12.3 Å². The predicted octanol–water partition coefficient (Wildman–Crippen LogP) is 2.40. The molecule has 2 heterocycles. The van der Waals surface area contributed by atoms with Crippen molar-refractivity contribution in [1.82, 2.24) is 15.3 Å². The van der Waals surface area contributed by atoms with Gasteiger partial charge in [0.1, 0.15) is 18.1 Å². The molecule has 1 atom stereocenters. The normalized spacial score (nSPS) is 19.0. The minimum atomic E-state index is -0.449. The lowest BCUT2D eigenvalue weighted by Crippen LogP contribution is -2.34. The zero-order chi connectivity index (χ0) is 13.9. The molecule has 0 spiro atoms. The van der Waals surface area contributed by atoms with E-state index in [4.69, 9.17) is 16.3 Å². The summed E-state index contributed by atoms with van der Waals surface area (Å²) in [5.74, 6) is 0.142. The molecule has 1 aliphatic rings. The molecular weight excluding hydrogens is 281 g/mol. The molecule has 4 nitrogen and oxygen atoms in total. The maximum atomic E-state index is 13.1. The lowest BCUT2D eigenvalue weighted by Gasteiger charge is -2.22. The van der Waals surface area contributed by atoms with Crippen molar-refractivity contribution in [3.05, 3.63) is 47.3 Å². The first-order chi connectivity index (χ1) is 9.74. The third-order valence-electron chi connectivity index (χ3n) is 3.06. The summed E-state index contributed by atoms with van der Waals surface area (Å²) in [4.78, 5) is 8.48. The molecule has 6 heteroatoms. The summed E-state index contributed by atoms with van der Waals surface area (Å²) in [6, 6.07) is 4.47. The maximum absolute atomic E-state index is 13.1. The van der Waals surface area contributed by atoms with Crippen molar-refractivity contribution < 1.29 is 9.13 Å². The van der Waals surface area contributed by atoms with Gasteiger partial charge in [-0.25, -0.2) is 14.4 Å². The number of nitrogens with zero attached hydrogens (tertiary/aromatic N) is 2. The van der Waals surface area contributed by atoms with Gasteiger partial charge in [-0.1, -0.05) is 17.7 Å². The Balaban J connectivity index is 1.83. The van der Waals surface area contributed by atoms with Gasteiger partial charge >= 0.3 is 0 Å². The van der Waals surface area contributed by atoms with E-state index in [9.17, 15) is 4.39 Å². The fourth-order valence-electron chi connectivity index (χ4n) is 2.00. The van der Waals surface area contributed by atoms with Crippen LogP contribution in [0.3, 0.4) is 0 Å². The maximum Gasteiger partial charge on any atom is 0.159 e. The fourth-order valence-corrected chi connectivity index (χ4v) is 2.18. The van der Waals surface area contributed by atoms with E-state index in [0.29, 0.717) is 24.5 Å². The minimum absolute atomic E-state index is 0.0693. The van der Waals surface area contributed by atoms with E-state index >= 15 is 0 Å². The molecule has 0 aliphatic carbocycles. The quantitative estimate of drug-likeness (QED) is 0.923. The first-order valence-corrected chi connectivity index (χ1v) is 6.64. The van der Waals surface area contributed by atoms with Crippen molar-refractivity contribution >= 4 is 11.6 Å². The first-order valence-electron chi connectivity index (χ1n) is 6.26. The first kappa shape index (κ1) is 13.4. The van der Waals surface area contributed by atoms with Gasteiger partial charge < -0.3 is 10.1 Å². The van der Waals surface area contributed by atoms with Crippen LogP contribution in [0.4, 0.5) is 4.39 Å². The molecule has 1 aromatic carbocycles. The number of halogens is 2. The Kier molecular flexibility index (Phi) is 3.91. The second-order valence-electron chi connectivity index (χ2n) is 4.45. The molecule has 0 bridgehead atoms. The van der Waals surface area contributed by atoms with Crippen LogP contribution in [-0.4, -0.2) is 29.7 Å². The van der Waals surface area contributed by atoms with E-state index in [1.165, 1.54) is 12.1 Å². The molecule has 2 aromatic rings. The van der Waals surface area contributed by atoms with E-state index < -0.39 is 5.82 Å². The third kappa shape index (κ3) is 2.80. The largest absolute Gasteiger partial charge is 0.368 e. The topological polar surface area (TPSA) is 47.0 Å². The number of nitrogens with one attached hydrogen (secondary N) is 1. The zero-order valence-corrected chi connectivity index (χ0v) is 11.3. The number of hydrogen-bond acceptors (Lipinski definition) is 4. The van der Waals surface area contributed by atoms with Crippen LogP contribution in [0.5, 0.6) is 0 Å². The number of ether oxygens (including phenoxy) is 1. The van der Waals surface area contributed by atoms with Crippen LogP contribution in [0.1, 0.15) is 11.9 Å². The van der Waals surface area contributed by atoms with E-state index in [2.05, 4.69) is 21.5 Å². The number of hydrogen-bond donors (Lipinski definition) is 1. The SMILES string of the molecule is Fc1ccc(-c2[c]nc(C3CNCCO3)nc2)cc1Cl. The Morgan fingerprint density at radius 1 is 1.45 bits per heavy atom. The Labute approximate surface area is 121 Å². The van der Waals surface area contributed by atoms with Crippen molar-refractivity contribution in [2.75, 3.05) is 19.7 Å². The molecule has 1 aromatic heterocycles. The Morgan fingerprint density at radius 3 is 3.00 bits per heavy atom. The summed E-state index contributed by atoms with van der Waals surface area (Å²) < 4.78 is 18.7. The summed E-state index contributed by atoms with van der Waals surface area (Å²) in [7, 11) is 0. The van der Waals surface area contributed by atoms with E-state index in [-0.39, 0.29) is 11.1 Å². The summed E-state index contributed by atoms with van der Waals surface area (Å²) >= 11 is 5.76. The zero-order valence-electron chi connectivity index (χ0n) is 10.6. The molecule has 1 fully saturated rings. The molecule has 0 amide bonds. The lowest BCUT2D eigenvalue weighted by atomic mass is 10.1. The van der Waals surface area contributed by atoms with Gasteiger partial charge in [-0.3, -0.25) is 0 Å². The highest BCUT2D eigenvalue weighted by atomic mass is 35.5. The highest BCUT2D eigenvalue weighted by Gasteiger charge is 2.18. The molecule has 0 saturated carbocycles. The third-order valence-corrected chi connectivity index (χ3v) is 3.35. The van der Waals surface area contributed by atoms with Crippen LogP contribution < -0.4 is 5.32 Å².